The van der Waals surface area contributed by atoms with Crippen molar-refractivity contribution < 1.29 is 13.9 Å². The van der Waals surface area contributed by atoms with Crippen molar-refractivity contribution in [1.82, 2.24) is 15.1 Å². The minimum atomic E-state index is -0.638. The van der Waals surface area contributed by atoms with Gasteiger partial charge in [0.25, 0.3) is 5.91 Å². The molecule has 0 bridgehead atoms. The van der Waals surface area contributed by atoms with Gasteiger partial charge in [0.15, 0.2) is 6.10 Å². The van der Waals surface area contributed by atoms with E-state index in [0.29, 0.717) is 24.4 Å². The molecule has 29 heavy (non-hydrogen) atoms. The predicted octanol–water partition coefficient (Wildman–Crippen LogP) is 2.67. The molecule has 1 aromatic carbocycles. The number of nitrogens with zero attached hydrogens (tertiary/aromatic N) is 2. The third-order valence-corrected chi connectivity index (χ3v) is 6.10. The van der Waals surface area contributed by atoms with Crippen LogP contribution in [0.25, 0.3) is 11.0 Å². The Morgan fingerprint density at radius 2 is 2.10 bits per heavy atom. The Labute approximate surface area is 167 Å². The van der Waals surface area contributed by atoms with Crippen molar-refractivity contribution >= 4 is 16.9 Å². The van der Waals surface area contributed by atoms with Gasteiger partial charge in [0, 0.05) is 47.3 Å². The molecule has 3 aromatic rings. The molecule has 1 amide bonds. The summed E-state index contributed by atoms with van der Waals surface area (Å²) in [5.74, 6) is 0.507. The van der Waals surface area contributed by atoms with Gasteiger partial charge in [-0.25, -0.2) is 4.79 Å². The van der Waals surface area contributed by atoms with Crippen molar-refractivity contribution in [3.63, 3.8) is 0 Å². The third-order valence-electron chi connectivity index (χ3n) is 6.10. The Morgan fingerprint density at radius 1 is 1.28 bits per heavy atom. The maximum absolute atomic E-state index is 12.9. The van der Waals surface area contributed by atoms with Crippen LogP contribution in [0.2, 0.25) is 0 Å². The van der Waals surface area contributed by atoms with Crippen LogP contribution in [0.1, 0.15) is 41.3 Å². The monoisotopic (exact) mass is 393 g/mol. The number of aromatic nitrogens is 2. The molecule has 0 fully saturated rings. The molecule has 2 aromatic heterocycles. The van der Waals surface area contributed by atoms with Crippen LogP contribution in [0.3, 0.4) is 0 Å². The molecule has 0 radical (unpaired) electrons. The molecule has 2 aliphatic rings. The number of ether oxygens (including phenoxy) is 1. The van der Waals surface area contributed by atoms with Gasteiger partial charge in [0.1, 0.15) is 11.3 Å². The fourth-order valence-electron chi connectivity index (χ4n) is 4.50. The van der Waals surface area contributed by atoms with Gasteiger partial charge in [-0.2, -0.15) is 5.10 Å². The second-order valence-electron chi connectivity index (χ2n) is 7.91. The zero-order chi connectivity index (χ0) is 20.1. The fraction of sp³-hybridized carbons (Fsp3) is 0.409. The summed E-state index contributed by atoms with van der Waals surface area (Å²) in [5, 5.41) is 8.01. The Balaban J connectivity index is 1.40. The molecule has 150 valence electrons. The SMILES string of the molecule is Cc1c(OC(C)C(=O)N2CCc3[nH]ncc3C2)ccc2c3c(c(=O)oc12)CCC3. The van der Waals surface area contributed by atoms with E-state index in [9.17, 15) is 9.59 Å². The first-order valence-electron chi connectivity index (χ1n) is 10.1. The highest BCUT2D eigenvalue weighted by Gasteiger charge is 2.28. The van der Waals surface area contributed by atoms with Gasteiger partial charge in [-0.1, -0.05) is 0 Å². The second-order valence-corrected chi connectivity index (χ2v) is 7.91. The van der Waals surface area contributed by atoms with E-state index < -0.39 is 6.10 Å². The zero-order valence-corrected chi connectivity index (χ0v) is 16.6. The van der Waals surface area contributed by atoms with Crippen LogP contribution in [-0.4, -0.2) is 33.7 Å². The van der Waals surface area contributed by atoms with Crippen LogP contribution >= 0.6 is 0 Å². The summed E-state index contributed by atoms with van der Waals surface area (Å²) >= 11 is 0. The van der Waals surface area contributed by atoms with E-state index in [-0.39, 0.29) is 11.5 Å². The molecular weight excluding hydrogens is 370 g/mol. The van der Waals surface area contributed by atoms with Crippen molar-refractivity contribution in [2.75, 3.05) is 6.54 Å². The van der Waals surface area contributed by atoms with Gasteiger partial charge in [-0.15, -0.1) is 0 Å². The summed E-state index contributed by atoms with van der Waals surface area (Å²) < 4.78 is 11.6. The van der Waals surface area contributed by atoms with Crippen molar-refractivity contribution in [2.45, 2.75) is 52.2 Å². The predicted molar refractivity (Wildman–Crippen MR) is 107 cm³/mol. The number of hydrogen-bond acceptors (Lipinski definition) is 5. The van der Waals surface area contributed by atoms with Gasteiger partial charge in [-0.3, -0.25) is 9.89 Å². The molecule has 0 spiro atoms. The number of aromatic amines is 1. The number of nitrogens with one attached hydrogen (secondary N) is 1. The lowest BCUT2D eigenvalue weighted by molar-refractivity contribution is -0.138. The number of amides is 1. The minimum absolute atomic E-state index is 0.0632. The summed E-state index contributed by atoms with van der Waals surface area (Å²) in [6.07, 6.45) is 4.56. The topological polar surface area (TPSA) is 88.4 Å². The molecule has 5 rings (SSSR count). The maximum Gasteiger partial charge on any atom is 0.339 e. The number of fused-ring (bicyclic) bond motifs is 4. The lowest BCUT2D eigenvalue weighted by atomic mass is 10.0. The first kappa shape index (κ1) is 18.0. The molecule has 7 nitrogen and oxygen atoms in total. The number of aryl methyl sites for hydroxylation is 2. The fourth-order valence-corrected chi connectivity index (χ4v) is 4.50. The van der Waals surface area contributed by atoms with Crippen molar-refractivity contribution in [3.05, 3.63) is 56.7 Å². The van der Waals surface area contributed by atoms with Crippen LogP contribution in [-0.2, 0) is 30.6 Å². The average molecular weight is 393 g/mol. The van der Waals surface area contributed by atoms with Crippen LogP contribution in [0.15, 0.2) is 27.5 Å². The molecule has 1 atom stereocenters. The number of carbonyl (C=O) groups is 1. The number of H-pyrrole nitrogens is 1. The molecule has 1 N–H and O–H groups in total. The third kappa shape index (κ3) is 2.92. The highest BCUT2D eigenvalue weighted by Crippen LogP contribution is 2.33. The van der Waals surface area contributed by atoms with Gasteiger partial charge < -0.3 is 14.1 Å². The molecule has 7 heteroatoms. The van der Waals surface area contributed by atoms with Crippen LogP contribution in [0.4, 0.5) is 0 Å². The Kier molecular flexibility index (Phi) is 4.19. The largest absolute Gasteiger partial charge is 0.480 e. The Bertz CT molecular complexity index is 1180. The molecular formula is C22H23N3O4. The average Bonchev–Trinajstić information content (AvgIpc) is 3.39. The summed E-state index contributed by atoms with van der Waals surface area (Å²) in [5.41, 5.74) is 5.11. The van der Waals surface area contributed by atoms with Crippen molar-refractivity contribution in [2.24, 2.45) is 0 Å². The van der Waals surface area contributed by atoms with Crippen LogP contribution in [0, 0.1) is 6.92 Å². The molecule has 0 saturated carbocycles. The van der Waals surface area contributed by atoms with E-state index in [2.05, 4.69) is 10.2 Å². The van der Waals surface area contributed by atoms with E-state index >= 15 is 0 Å². The molecule has 1 unspecified atom stereocenters. The first-order chi connectivity index (χ1) is 14.0. The number of rotatable bonds is 3. The number of carbonyl (C=O) groups excluding carboxylic acids is 1. The van der Waals surface area contributed by atoms with E-state index in [1.54, 1.807) is 18.0 Å². The van der Waals surface area contributed by atoms with Crippen LogP contribution < -0.4 is 10.4 Å². The van der Waals surface area contributed by atoms with Gasteiger partial charge in [-0.05, 0) is 50.8 Å². The van der Waals surface area contributed by atoms with E-state index in [0.717, 1.165) is 59.0 Å². The first-order valence-corrected chi connectivity index (χ1v) is 10.1. The minimum Gasteiger partial charge on any atom is -0.480 e. The number of benzene rings is 1. The summed E-state index contributed by atoms with van der Waals surface area (Å²) in [6.45, 7) is 4.81. The molecule has 3 heterocycles. The highest BCUT2D eigenvalue weighted by atomic mass is 16.5. The van der Waals surface area contributed by atoms with E-state index in [1.807, 2.05) is 19.1 Å². The Morgan fingerprint density at radius 3 is 2.97 bits per heavy atom. The normalized spacial score (nSPS) is 16.6. The molecule has 0 saturated heterocycles. The standard InChI is InChI=1S/C22H23N3O4/c1-12-19(7-6-16-15-4-3-5-17(15)22(27)29-20(12)16)28-13(2)21(26)25-9-8-18-14(11-25)10-23-24-18/h6-7,10,13H,3-5,8-9,11H2,1-2H3,(H,23,24). The zero-order valence-electron chi connectivity index (χ0n) is 16.6. The summed E-state index contributed by atoms with van der Waals surface area (Å²) in [6, 6.07) is 3.82. The maximum atomic E-state index is 12.9. The number of hydrogen-bond donors (Lipinski definition) is 1. The van der Waals surface area contributed by atoms with Crippen LogP contribution in [0.5, 0.6) is 5.75 Å². The van der Waals surface area contributed by atoms with Crippen molar-refractivity contribution in [3.8, 4) is 5.75 Å². The quantitative estimate of drug-likeness (QED) is 0.691. The van der Waals surface area contributed by atoms with E-state index in [4.69, 9.17) is 9.15 Å². The van der Waals surface area contributed by atoms with Gasteiger partial charge >= 0.3 is 5.63 Å². The van der Waals surface area contributed by atoms with Crippen molar-refractivity contribution in [1.29, 1.82) is 0 Å². The summed E-state index contributed by atoms with van der Waals surface area (Å²) in [4.78, 5) is 27.0. The summed E-state index contributed by atoms with van der Waals surface area (Å²) in [7, 11) is 0. The lowest BCUT2D eigenvalue weighted by Gasteiger charge is -2.29. The Hall–Kier alpha value is -3.09. The van der Waals surface area contributed by atoms with E-state index in [1.165, 1.54) is 0 Å². The lowest BCUT2D eigenvalue weighted by Crippen LogP contribution is -2.43. The molecule has 1 aliphatic carbocycles. The van der Waals surface area contributed by atoms with Gasteiger partial charge in [0.05, 0.1) is 6.20 Å². The van der Waals surface area contributed by atoms with Gasteiger partial charge in [0.2, 0.25) is 0 Å². The second kappa shape index (κ2) is 6.76. The molecule has 1 aliphatic heterocycles. The highest BCUT2D eigenvalue weighted by molar-refractivity contribution is 5.87. The smallest absolute Gasteiger partial charge is 0.339 e.